The molecule has 0 saturated carbocycles. The predicted molar refractivity (Wildman–Crippen MR) is 105 cm³/mol. The minimum Gasteiger partial charge on any atom is -0.271 e. The van der Waals surface area contributed by atoms with Gasteiger partial charge in [0.05, 0.1) is 23.7 Å². The Morgan fingerprint density at radius 2 is 1.83 bits per heavy atom. The number of nitrogens with one attached hydrogen (secondary N) is 1. The number of alkyl halides is 3. The second-order valence-corrected chi connectivity index (χ2v) is 8.36. The molecule has 1 amide bonds. The quantitative estimate of drug-likeness (QED) is 0.568. The number of hydrazone groups is 1. The number of halogens is 3. The molecule has 2 aromatic carbocycles. The molecule has 2 rings (SSSR count). The number of rotatable bonds is 6. The summed E-state index contributed by atoms with van der Waals surface area (Å²) in [4.78, 5) is 12.1. The molecule has 29 heavy (non-hydrogen) atoms. The number of nitrogens with zero attached hydrogens (tertiary/aromatic N) is 2. The summed E-state index contributed by atoms with van der Waals surface area (Å²) in [6.45, 7) is 3.17. The highest BCUT2D eigenvalue weighted by Gasteiger charge is 2.30. The minimum absolute atomic E-state index is 0.134. The zero-order valence-corrected chi connectivity index (χ0v) is 16.8. The first-order valence-corrected chi connectivity index (χ1v) is 10.3. The third kappa shape index (κ3) is 6.31. The smallest absolute Gasteiger partial charge is 0.271 e. The van der Waals surface area contributed by atoms with Crippen molar-refractivity contribution in [3.8, 4) is 0 Å². The number of benzene rings is 2. The van der Waals surface area contributed by atoms with Gasteiger partial charge in [-0.15, -0.1) is 0 Å². The number of carbonyl (C=O) groups excluding carboxylic acids is 1. The molecule has 0 bridgehead atoms. The van der Waals surface area contributed by atoms with Crippen LogP contribution in [-0.4, -0.2) is 33.3 Å². The fourth-order valence-corrected chi connectivity index (χ4v) is 3.27. The Kier molecular flexibility index (Phi) is 6.68. The van der Waals surface area contributed by atoms with Crippen LogP contribution in [0.4, 0.5) is 18.9 Å². The second-order valence-electron chi connectivity index (χ2n) is 6.45. The molecule has 6 nitrogen and oxygen atoms in total. The van der Waals surface area contributed by atoms with Gasteiger partial charge in [0, 0.05) is 0 Å². The zero-order valence-electron chi connectivity index (χ0n) is 16.0. The molecule has 156 valence electrons. The van der Waals surface area contributed by atoms with E-state index < -0.39 is 34.2 Å². The third-order valence-corrected chi connectivity index (χ3v) is 5.22. The van der Waals surface area contributed by atoms with Gasteiger partial charge in [0.15, 0.2) is 0 Å². The monoisotopic (exact) mass is 427 g/mol. The van der Waals surface area contributed by atoms with Crippen LogP contribution < -0.4 is 9.73 Å². The van der Waals surface area contributed by atoms with Gasteiger partial charge in [0.2, 0.25) is 10.0 Å². The first-order valence-electron chi connectivity index (χ1n) is 8.42. The standard InChI is InChI=1S/C19H20F3N3O3S/c1-13-7-8-17(9-14(13)2)25(29(3,27)28)12-18(26)24-23-11-15-5-4-6-16(10-15)19(20,21)22/h4-11H,12H2,1-3H3,(H,24,26)/b23-11-. The lowest BCUT2D eigenvalue weighted by atomic mass is 10.1. The Morgan fingerprint density at radius 1 is 1.14 bits per heavy atom. The molecular weight excluding hydrogens is 407 g/mol. The molecule has 0 aliphatic heterocycles. The number of amides is 1. The van der Waals surface area contributed by atoms with Crippen LogP contribution in [0.2, 0.25) is 0 Å². The Bertz CT molecular complexity index is 1030. The van der Waals surface area contributed by atoms with Gasteiger partial charge >= 0.3 is 6.18 Å². The molecule has 2 aromatic rings. The summed E-state index contributed by atoms with van der Waals surface area (Å²) in [5, 5.41) is 3.61. The molecule has 0 radical (unpaired) electrons. The van der Waals surface area contributed by atoms with E-state index in [0.29, 0.717) is 5.69 Å². The van der Waals surface area contributed by atoms with Crippen LogP contribution in [0.5, 0.6) is 0 Å². The van der Waals surface area contributed by atoms with Crippen LogP contribution in [0.1, 0.15) is 22.3 Å². The first kappa shape index (κ1) is 22.4. The summed E-state index contributed by atoms with van der Waals surface area (Å²) in [6.07, 6.45) is -2.47. The molecule has 0 saturated heterocycles. The lowest BCUT2D eigenvalue weighted by molar-refractivity contribution is -0.137. The largest absolute Gasteiger partial charge is 0.416 e. The maximum atomic E-state index is 12.7. The van der Waals surface area contributed by atoms with Crippen molar-refractivity contribution in [1.82, 2.24) is 5.43 Å². The van der Waals surface area contributed by atoms with Gasteiger partial charge < -0.3 is 0 Å². The molecule has 0 aliphatic rings. The van der Waals surface area contributed by atoms with Gasteiger partial charge in [0.1, 0.15) is 6.54 Å². The van der Waals surface area contributed by atoms with E-state index >= 15 is 0 Å². The van der Waals surface area contributed by atoms with E-state index in [2.05, 4.69) is 10.5 Å². The van der Waals surface area contributed by atoms with Gasteiger partial charge in [0.25, 0.3) is 5.91 Å². The average Bonchev–Trinajstić information content (AvgIpc) is 2.61. The van der Waals surface area contributed by atoms with Crippen molar-refractivity contribution in [2.45, 2.75) is 20.0 Å². The molecule has 10 heteroatoms. The van der Waals surface area contributed by atoms with E-state index in [9.17, 15) is 26.4 Å². The Labute approximate surface area is 167 Å². The second kappa shape index (κ2) is 8.64. The number of anilines is 1. The van der Waals surface area contributed by atoms with Crippen molar-refractivity contribution < 1.29 is 26.4 Å². The average molecular weight is 427 g/mol. The summed E-state index contributed by atoms with van der Waals surface area (Å²) in [7, 11) is -3.75. The van der Waals surface area contributed by atoms with Gasteiger partial charge in [-0.1, -0.05) is 18.2 Å². The van der Waals surface area contributed by atoms with Crippen LogP contribution in [0.25, 0.3) is 0 Å². The van der Waals surface area contributed by atoms with E-state index in [1.54, 1.807) is 18.2 Å². The zero-order chi connectivity index (χ0) is 21.8. The van der Waals surface area contributed by atoms with Crippen LogP contribution >= 0.6 is 0 Å². The van der Waals surface area contributed by atoms with Crippen molar-refractivity contribution >= 4 is 27.8 Å². The molecule has 1 N–H and O–H groups in total. The fraction of sp³-hybridized carbons (Fsp3) is 0.263. The number of hydrogen-bond donors (Lipinski definition) is 1. The van der Waals surface area contributed by atoms with E-state index in [1.807, 2.05) is 13.8 Å². The van der Waals surface area contributed by atoms with E-state index in [4.69, 9.17) is 0 Å². The number of carbonyl (C=O) groups is 1. The molecule has 0 heterocycles. The summed E-state index contributed by atoms with van der Waals surface area (Å²) >= 11 is 0. The molecule has 0 aromatic heterocycles. The summed E-state index contributed by atoms with van der Waals surface area (Å²) in [6, 6.07) is 9.39. The lowest BCUT2D eigenvalue weighted by Gasteiger charge is -2.22. The van der Waals surface area contributed by atoms with Crippen molar-refractivity contribution in [1.29, 1.82) is 0 Å². The van der Waals surface area contributed by atoms with Crippen LogP contribution in [0.3, 0.4) is 0 Å². The van der Waals surface area contributed by atoms with Gasteiger partial charge in [-0.2, -0.15) is 18.3 Å². The molecule has 0 fully saturated rings. The maximum Gasteiger partial charge on any atom is 0.416 e. The summed E-state index contributed by atoms with van der Waals surface area (Å²) in [5.41, 5.74) is 3.58. The Morgan fingerprint density at radius 3 is 2.41 bits per heavy atom. The predicted octanol–water partition coefficient (Wildman–Crippen LogP) is 3.24. The normalized spacial score (nSPS) is 12.2. The fourth-order valence-electron chi connectivity index (χ4n) is 2.42. The third-order valence-electron chi connectivity index (χ3n) is 4.08. The first-order chi connectivity index (χ1) is 13.4. The van der Waals surface area contributed by atoms with Crippen molar-refractivity contribution in [2.24, 2.45) is 5.10 Å². The Balaban J connectivity index is 2.11. The van der Waals surface area contributed by atoms with Crippen LogP contribution in [-0.2, 0) is 21.0 Å². The molecular formula is C19H20F3N3O3S. The van der Waals surface area contributed by atoms with Crippen molar-refractivity contribution in [3.63, 3.8) is 0 Å². The lowest BCUT2D eigenvalue weighted by Crippen LogP contribution is -2.39. The van der Waals surface area contributed by atoms with Gasteiger partial charge in [-0.3, -0.25) is 9.10 Å². The maximum absolute atomic E-state index is 12.7. The topological polar surface area (TPSA) is 78.8 Å². The van der Waals surface area contributed by atoms with Gasteiger partial charge in [-0.25, -0.2) is 13.8 Å². The van der Waals surface area contributed by atoms with Crippen LogP contribution in [0, 0.1) is 13.8 Å². The van der Waals surface area contributed by atoms with E-state index in [-0.39, 0.29) is 5.56 Å². The highest BCUT2D eigenvalue weighted by molar-refractivity contribution is 7.92. The molecule has 0 unspecified atom stereocenters. The van der Waals surface area contributed by atoms with E-state index in [1.165, 1.54) is 12.1 Å². The van der Waals surface area contributed by atoms with E-state index in [0.717, 1.165) is 40.0 Å². The number of aryl methyl sites for hydroxylation is 2. The van der Waals surface area contributed by atoms with Gasteiger partial charge in [-0.05, 0) is 54.8 Å². The van der Waals surface area contributed by atoms with Crippen molar-refractivity contribution in [3.05, 3.63) is 64.7 Å². The van der Waals surface area contributed by atoms with Crippen LogP contribution in [0.15, 0.2) is 47.6 Å². The molecule has 0 spiro atoms. The summed E-state index contributed by atoms with van der Waals surface area (Å²) < 4.78 is 63.2. The Hall–Kier alpha value is -2.88. The highest BCUT2D eigenvalue weighted by Crippen LogP contribution is 2.29. The highest BCUT2D eigenvalue weighted by atomic mass is 32.2. The summed E-state index contributed by atoms with van der Waals surface area (Å²) in [5.74, 6) is -0.739. The number of hydrogen-bond acceptors (Lipinski definition) is 4. The van der Waals surface area contributed by atoms with Crippen molar-refractivity contribution in [2.75, 3.05) is 17.1 Å². The minimum atomic E-state index is -4.49. The number of sulfonamides is 1. The SMILES string of the molecule is Cc1ccc(N(CC(=O)N/N=C\c2cccc(C(F)(F)F)c2)S(C)(=O)=O)cc1C. The molecule has 0 atom stereocenters. The molecule has 0 aliphatic carbocycles.